The molecule has 2 rings (SSSR count). The fourth-order valence-corrected chi connectivity index (χ4v) is 2.20. The Morgan fingerprint density at radius 3 is 2.72 bits per heavy atom. The van der Waals surface area contributed by atoms with Gasteiger partial charge in [-0.2, -0.15) is 0 Å². The number of morpholine rings is 1. The minimum atomic E-state index is -0.952. The fraction of sp³-hybridized carbons (Fsp3) is 0.800. The number of carboxylic acids is 1. The van der Waals surface area contributed by atoms with Crippen LogP contribution in [0.5, 0.6) is 0 Å². The predicted molar refractivity (Wildman–Crippen MR) is 60.7 cm³/mol. The van der Waals surface area contributed by atoms with Crippen LogP contribution in [0, 0.1) is 0 Å². The van der Waals surface area contributed by atoms with Gasteiger partial charge in [-0.3, -0.25) is 9.69 Å². The molecule has 1 saturated heterocycles. The number of nitrogens with zero attached hydrogens (tertiary/aromatic N) is 5. The molecule has 1 aliphatic rings. The van der Waals surface area contributed by atoms with E-state index in [2.05, 4.69) is 20.4 Å². The van der Waals surface area contributed by atoms with Gasteiger partial charge >= 0.3 is 5.97 Å². The second-order valence-electron chi connectivity index (χ2n) is 4.60. The Kier molecular flexibility index (Phi) is 3.87. The normalized spacial score (nSPS) is 25.2. The summed E-state index contributed by atoms with van der Waals surface area (Å²) < 4.78 is 6.95. The van der Waals surface area contributed by atoms with Crippen molar-refractivity contribution in [1.82, 2.24) is 25.1 Å². The largest absolute Gasteiger partial charge is 0.480 e. The SMILES string of the molecule is C[C@@H]1CN(Cc2nnnn2CC(=O)O)C[C@@H](C)O1. The second-order valence-corrected chi connectivity index (χ2v) is 4.60. The lowest BCUT2D eigenvalue weighted by atomic mass is 10.2. The van der Waals surface area contributed by atoms with Crippen LogP contribution >= 0.6 is 0 Å². The quantitative estimate of drug-likeness (QED) is 0.765. The van der Waals surface area contributed by atoms with Gasteiger partial charge in [0, 0.05) is 13.1 Å². The van der Waals surface area contributed by atoms with Gasteiger partial charge in [0.25, 0.3) is 0 Å². The standard InChI is InChI=1S/C10H17N5O3/c1-7-3-14(4-8(2)18-7)5-9-11-12-13-15(9)6-10(16)17/h7-8H,3-6H2,1-2H3,(H,16,17)/t7-,8-/m1/s1. The first-order valence-corrected chi connectivity index (χ1v) is 5.89. The van der Waals surface area contributed by atoms with Gasteiger partial charge in [-0.25, -0.2) is 4.68 Å². The Morgan fingerprint density at radius 1 is 1.44 bits per heavy atom. The number of aliphatic carboxylic acids is 1. The van der Waals surface area contributed by atoms with Crippen LogP contribution < -0.4 is 0 Å². The molecule has 0 aliphatic carbocycles. The molecule has 0 radical (unpaired) electrons. The highest BCUT2D eigenvalue weighted by Crippen LogP contribution is 2.12. The highest BCUT2D eigenvalue weighted by atomic mass is 16.5. The van der Waals surface area contributed by atoms with Gasteiger partial charge < -0.3 is 9.84 Å². The summed E-state index contributed by atoms with van der Waals surface area (Å²) in [6.07, 6.45) is 0.329. The first-order valence-electron chi connectivity index (χ1n) is 5.89. The molecule has 0 aromatic carbocycles. The van der Waals surface area contributed by atoms with Crippen molar-refractivity contribution < 1.29 is 14.6 Å². The maximum absolute atomic E-state index is 10.7. The lowest BCUT2D eigenvalue weighted by molar-refractivity contribution is -0.138. The second kappa shape index (κ2) is 5.40. The molecule has 0 spiro atoms. The van der Waals surface area contributed by atoms with Crippen LogP contribution in [-0.4, -0.2) is 61.5 Å². The molecule has 0 bridgehead atoms. The molecule has 1 aliphatic heterocycles. The molecule has 1 aromatic rings. The number of carboxylic acid groups (broad SMARTS) is 1. The number of hydrogen-bond acceptors (Lipinski definition) is 6. The highest BCUT2D eigenvalue weighted by Gasteiger charge is 2.24. The number of rotatable bonds is 4. The van der Waals surface area contributed by atoms with Crippen molar-refractivity contribution in [1.29, 1.82) is 0 Å². The average Bonchev–Trinajstić information content (AvgIpc) is 2.63. The molecule has 0 saturated carbocycles. The summed E-state index contributed by atoms with van der Waals surface area (Å²) in [5.74, 6) is -0.383. The molecule has 8 nitrogen and oxygen atoms in total. The number of tetrazole rings is 1. The van der Waals surface area contributed by atoms with Gasteiger partial charge in [-0.1, -0.05) is 0 Å². The van der Waals surface area contributed by atoms with Crippen molar-refractivity contribution >= 4 is 5.97 Å². The zero-order valence-electron chi connectivity index (χ0n) is 10.5. The van der Waals surface area contributed by atoms with E-state index in [1.165, 1.54) is 4.68 Å². The third-order valence-electron chi connectivity index (χ3n) is 2.75. The molecule has 0 amide bonds. The summed E-state index contributed by atoms with van der Waals surface area (Å²) in [7, 11) is 0. The lowest BCUT2D eigenvalue weighted by Gasteiger charge is -2.34. The molecule has 1 N–H and O–H groups in total. The van der Waals surface area contributed by atoms with E-state index in [1.807, 2.05) is 13.8 Å². The van der Waals surface area contributed by atoms with E-state index in [4.69, 9.17) is 9.84 Å². The van der Waals surface area contributed by atoms with Gasteiger partial charge in [0.05, 0.1) is 18.8 Å². The summed E-state index contributed by atoms with van der Waals surface area (Å²) in [5.41, 5.74) is 0. The molecule has 8 heteroatoms. The van der Waals surface area contributed by atoms with Gasteiger partial charge in [0.2, 0.25) is 0 Å². The van der Waals surface area contributed by atoms with Crippen molar-refractivity contribution in [3.63, 3.8) is 0 Å². The monoisotopic (exact) mass is 255 g/mol. The molecule has 1 fully saturated rings. The molecule has 0 unspecified atom stereocenters. The number of aromatic nitrogens is 4. The van der Waals surface area contributed by atoms with E-state index < -0.39 is 5.97 Å². The van der Waals surface area contributed by atoms with Crippen LogP contribution in [0.1, 0.15) is 19.7 Å². The molecule has 1 aromatic heterocycles. The van der Waals surface area contributed by atoms with E-state index in [0.717, 1.165) is 13.1 Å². The van der Waals surface area contributed by atoms with E-state index in [-0.39, 0.29) is 18.8 Å². The van der Waals surface area contributed by atoms with Crippen LogP contribution in [0.3, 0.4) is 0 Å². The van der Waals surface area contributed by atoms with Crippen molar-refractivity contribution in [3.8, 4) is 0 Å². The maximum atomic E-state index is 10.7. The van der Waals surface area contributed by atoms with Crippen LogP contribution in [0.15, 0.2) is 0 Å². The number of carbonyl (C=O) groups is 1. The third-order valence-corrected chi connectivity index (χ3v) is 2.75. The van der Waals surface area contributed by atoms with Gasteiger partial charge in [-0.05, 0) is 24.3 Å². The van der Waals surface area contributed by atoms with E-state index >= 15 is 0 Å². The average molecular weight is 255 g/mol. The van der Waals surface area contributed by atoms with Crippen LogP contribution in [0.2, 0.25) is 0 Å². The molecule has 18 heavy (non-hydrogen) atoms. The van der Waals surface area contributed by atoms with Crippen molar-refractivity contribution in [2.45, 2.75) is 39.1 Å². The fourth-order valence-electron chi connectivity index (χ4n) is 2.20. The summed E-state index contributed by atoms with van der Waals surface area (Å²) in [4.78, 5) is 12.8. The van der Waals surface area contributed by atoms with Crippen LogP contribution in [0.25, 0.3) is 0 Å². The predicted octanol–water partition coefficient (Wildman–Crippen LogP) is -0.633. The zero-order chi connectivity index (χ0) is 13.1. The van der Waals surface area contributed by atoms with Crippen molar-refractivity contribution in [2.24, 2.45) is 0 Å². The topological polar surface area (TPSA) is 93.4 Å². The van der Waals surface area contributed by atoms with E-state index in [0.29, 0.717) is 12.4 Å². The summed E-state index contributed by atoms with van der Waals surface area (Å²) in [5, 5.41) is 19.8. The summed E-state index contributed by atoms with van der Waals surface area (Å²) in [6.45, 7) is 5.95. The minimum Gasteiger partial charge on any atom is -0.480 e. The lowest BCUT2D eigenvalue weighted by Crippen LogP contribution is -2.45. The molecular weight excluding hydrogens is 238 g/mol. The third kappa shape index (κ3) is 3.23. The molecular formula is C10H17N5O3. The van der Waals surface area contributed by atoms with Crippen molar-refractivity contribution in [2.75, 3.05) is 13.1 Å². The number of hydrogen-bond donors (Lipinski definition) is 1. The Bertz CT molecular complexity index is 411. The number of ether oxygens (including phenoxy) is 1. The zero-order valence-corrected chi connectivity index (χ0v) is 10.5. The Hall–Kier alpha value is -1.54. The first-order chi connectivity index (χ1) is 8.54. The Balaban J connectivity index is 2.00. The highest BCUT2D eigenvalue weighted by molar-refractivity contribution is 5.66. The summed E-state index contributed by atoms with van der Waals surface area (Å²) in [6, 6.07) is 0. The Morgan fingerprint density at radius 2 is 2.11 bits per heavy atom. The summed E-state index contributed by atoms with van der Waals surface area (Å²) >= 11 is 0. The van der Waals surface area contributed by atoms with Gasteiger partial charge in [-0.15, -0.1) is 5.10 Å². The van der Waals surface area contributed by atoms with Crippen LogP contribution in [-0.2, 0) is 22.6 Å². The first kappa shape index (κ1) is 12.9. The van der Waals surface area contributed by atoms with E-state index in [9.17, 15) is 4.79 Å². The molecule has 2 atom stereocenters. The maximum Gasteiger partial charge on any atom is 0.325 e. The van der Waals surface area contributed by atoms with Gasteiger partial charge in [0.15, 0.2) is 5.82 Å². The molecule has 100 valence electrons. The van der Waals surface area contributed by atoms with Crippen LogP contribution in [0.4, 0.5) is 0 Å². The minimum absolute atomic E-state index is 0.164. The van der Waals surface area contributed by atoms with Crippen molar-refractivity contribution in [3.05, 3.63) is 5.82 Å². The van der Waals surface area contributed by atoms with Gasteiger partial charge in [0.1, 0.15) is 6.54 Å². The van der Waals surface area contributed by atoms with E-state index in [1.54, 1.807) is 0 Å². The smallest absolute Gasteiger partial charge is 0.325 e. The molecule has 2 heterocycles. The Labute approximate surface area is 105 Å².